The Bertz CT molecular complexity index is 1280. The van der Waals surface area contributed by atoms with E-state index in [1.54, 1.807) is 16.2 Å². The summed E-state index contributed by atoms with van der Waals surface area (Å²) in [5.74, 6) is 0.725. The number of benzene rings is 2. The molecular weight excluding hydrogens is 354 g/mol. The lowest BCUT2D eigenvalue weighted by atomic mass is 10.1. The van der Waals surface area contributed by atoms with Gasteiger partial charge in [-0.15, -0.1) is 0 Å². The van der Waals surface area contributed by atoms with Crippen molar-refractivity contribution in [3.63, 3.8) is 0 Å². The van der Waals surface area contributed by atoms with Crippen molar-refractivity contribution in [2.75, 3.05) is 7.11 Å². The summed E-state index contributed by atoms with van der Waals surface area (Å²) in [6, 6.07) is 17.4. The molecule has 0 amide bonds. The average molecular weight is 375 g/mol. The molecule has 2 heterocycles. The third kappa shape index (κ3) is 2.83. The van der Waals surface area contributed by atoms with Crippen LogP contribution in [0.3, 0.4) is 0 Å². The minimum atomic E-state index is -0.344. The van der Waals surface area contributed by atoms with Gasteiger partial charge in [-0.3, -0.25) is 13.9 Å². The van der Waals surface area contributed by atoms with E-state index in [2.05, 4.69) is 0 Å². The van der Waals surface area contributed by atoms with E-state index in [4.69, 9.17) is 4.74 Å². The number of ether oxygens (including phenoxy) is 1. The molecule has 4 aromatic rings. The van der Waals surface area contributed by atoms with Crippen LogP contribution in [0.25, 0.3) is 22.2 Å². The number of rotatable bonds is 4. The first-order valence-electron chi connectivity index (χ1n) is 8.98. The van der Waals surface area contributed by atoms with Crippen molar-refractivity contribution in [2.45, 2.75) is 6.54 Å². The van der Waals surface area contributed by atoms with Crippen LogP contribution in [0.4, 0.5) is 0 Å². The lowest BCUT2D eigenvalue weighted by molar-refractivity contribution is 0.414. The minimum Gasteiger partial charge on any atom is -0.497 e. The average Bonchev–Trinajstić information content (AvgIpc) is 3.07. The Hall–Kier alpha value is -3.54. The van der Waals surface area contributed by atoms with Crippen molar-refractivity contribution >= 4 is 11.0 Å². The van der Waals surface area contributed by atoms with E-state index in [0.717, 1.165) is 27.0 Å². The molecule has 0 aliphatic heterocycles. The molecule has 28 heavy (non-hydrogen) atoms. The maximum atomic E-state index is 13.0. The minimum absolute atomic E-state index is 0.299. The van der Waals surface area contributed by atoms with Crippen LogP contribution in [-0.2, 0) is 20.6 Å². The lowest BCUT2D eigenvalue weighted by Gasteiger charge is -2.13. The predicted molar refractivity (Wildman–Crippen MR) is 110 cm³/mol. The van der Waals surface area contributed by atoms with E-state index in [0.29, 0.717) is 17.6 Å². The number of hydrogen-bond donors (Lipinski definition) is 0. The van der Waals surface area contributed by atoms with Crippen LogP contribution >= 0.6 is 0 Å². The number of methoxy groups -OCH3 is 1. The second-order valence-corrected chi connectivity index (χ2v) is 6.80. The number of aryl methyl sites for hydroxylation is 1. The molecular formula is C22H21N3O3. The first-order valence-corrected chi connectivity index (χ1v) is 8.98. The Morgan fingerprint density at radius 1 is 0.929 bits per heavy atom. The highest BCUT2D eigenvalue weighted by Crippen LogP contribution is 2.28. The van der Waals surface area contributed by atoms with Gasteiger partial charge in [0.15, 0.2) is 0 Å². The number of nitrogens with zero attached hydrogens (tertiary/aromatic N) is 3. The van der Waals surface area contributed by atoms with Crippen LogP contribution in [0.15, 0.2) is 70.4 Å². The Labute approximate surface area is 161 Å². The molecule has 0 aliphatic carbocycles. The molecule has 6 nitrogen and oxygen atoms in total. The molecule has 0 radical (unpaired) electrons. The van der Waals surface area contributed by atoms with Gasteiger partial charge in [-0.05, 0) is 23.3 Å². The van der Waals surface area contributed by atoms with Gasteiger partial charge in [0, 0.05) is 25.9 Å². The van der Waals surface area contributed by atoms with Gasteiger partial charge in [-0.1, -0.05) is 42.5 Å². The van der Waals surface area contributed by atoms with Crippen LogP contribution in [0, 0.1) is 0 Å². The molecule has 0 saturated heterocycles. The van der Waals surface area contributed by atoms with Gasteiger partial charge in [0.05, 0.1) is 19.2 Å². The molecule has 0 spiro atoms. The fraction of sp³-hybridized carbons (Fsp3) is 0.182. The fourth-order valence-electron chi connectivity index (χ4n) is 3.59. The molecule has 2 aromatic heterocycles. The number of aromatic nitrogens is 3. The highest BCUT2D eigenvalue weighted by molar-refractivity contribution is 5.93. The van der Waals surface area contributed by atoms with Gasteiger partial charge in [0.25, 0.3) is 5.56 Å². The topological polar surface area (TPSA) is 58.2 Å². The molecule has 0 atom stereocenters. The summed E-state index contributed by atoms with van der Waals surface area (Å²) in [4.78, 5) is 25.9. The van der Waals surface area contributed by atoms with Gasteiger partial charge in [0.2, 0.25) is 0 Å². The Balaban J connectivity index is 2.04. The van der Waals surface area contributed by atoms with E-state index in [9.17, 15) is 9.59 Å². The van der Waals surface area contributed by atoms with Crippen LogP contribution < -0.4 is 16.0 Å². The third-order valence-electron chi connectivity index (χ3n) is 5.01. The van der Waals surface area contributed by atoms with Crippen LogP contribution in [0.2, 0.25) is 0 Å². The quantitative estimate of drug-likeness (QED) is 0.551. The maximum absolute atomic E-state index is 13.0. The van der Waals surface area contributed by atoms with Crippen LogP contribution in [0.1, 0.15) is 5.56 Å². The first-order chi connectivity index (χ1) is 13.5. The van der Waals surface area contributed by atoms with Crippen molar-refractivity contribution in [3.05, 3.63) is 87.2 Å². The third-order valence-corrected chi connectivity index (χ3v) is 5.01. The SMILES string of the molecule is COc1cccc(Cn2c(=O)n(C)c(=O)c3c2c(-c2ccccc2)cn3C)c1. The molecule has 0 aliphatic rings. The van der Waals surface area contributed by atoms with Crippen molar-refractivity contribution in [3.8, 4) is 16.9 Å². The Morgan fingerprint density at radius 2 is 1.68 bits per heavy atom. The Kier molecular flexibility index (Phi) is 4.39. The largest absolute Gasteiger partial charge is 0.497 e. The smallest absolute Gasteiger partial charge is 0.331 e. The zero-order chi connectivity index (χ0) is 19.8. The van der Waals surface area contributed by atoms with Gasteiger partial charge in [-0.25, -0.2) is 4.79 Å². The maximum Gasteiger partial charge on any atom is 0.331 e. The molecule has 142 valence electrons. The van der Waals surface area contributed by atoms with E-state index in [-0.39, 0.29) is 11.2 Å². The van der Waals surface area contributed by atoms with Crippen molar-refractivity contribution in [1.29, 1.82) is 0 Å². The summed E-state index contributed by atoms with van der Waals surface area (Å²) in [6.07, 6.45) is 1.91. The van der Waals surface area contributed by atoms with Gasteiger partial charge < -0.3 is 9.30 Å². The molecule has 0 fully saturated rings. The zero-order valence-corrected chi connectivity index (χ0v) is 16.0. The summed E-state index contributed by atoms with van der Waals surface area (Å²) >= 11 is 0. The summed E-state index contributed by atoms with van der Waals surface area (Å²) in [7, 11) is 4.96. The standard InChI is InChI=1S/C22H21N3O3/c1-23-14-18(16-9-5-4-6-10-16)19-20(23)21(26)24(2)22(27)25(19)13-15-8-7-11-17(12-15)28-3/h4-12,14H,13H2,1-3H3. The summed E-state index contributed by atoms with van der Waals surface area (Å²) in [6.45, 7) is 0.338. The monoisotopic (exact) mass is 375 g/mol. The van der Waals surface area contributed by atoms with E-state index >= 15 is 0 Å². The molecule has 0 saturated carbocycles. The van der Waals surface area contributed by atoms with Gasteiger partial charge in [-0.2, -0.15) is 0 Å². The fourth-order valence-corrected chi connectivity index (χ4v) is 3.59. The first kappa shape index (κ1) is 17.9. The lowest BCUT2D eigenvalue weighted by Crippen LogP contribution is -2.38. The second kappa shape index (κ2) is 6.88. The molecule has 6 heteroatoms. The van der Waals surface area contributed by atoms with Crippen LogP contribution in [0.5, 0.6) is 5.75 Å². The number of fused-ring (bicyclic) bond motifs is 1. The van der Waals surface area contributed by atoms with Crippen molar-refractivity contribution in [1.82, 2.24) is 13.7 Å². The predicted octanol–water partition coefficient (Wildman–Crippen LogP) is 2.76. The highest BCUT2D eigenvalue weighted by Gasteiger charge is 2.19. The van der Waals surface area contributed by atoms with Crippen LogP contribution in [-0.4, -0.2) is 20.8 Å². The Morgan fingerprint density at radius 3 is 2.39 bits per heavy atom. The van der Waals surface area contributed by atoms with Crippen molar-refractivity contribution in [2.24, 2.45) is 14.1 Å². The van der Waals surface area contributed by atoms with E-state index in [1.807, 2.05) is 67.8 Å². The van der Waals surface area contributed by atoms with Gasteiger partial charge >= 0.3 is 5.69 Å². The normalized spacial score (nSPS) is 11.1. The molecule has 0 bridgehead atoms. The second-order valence-electron chi connectivity index (χ2n) is 6.80. The summed E-state index contributed by atoms with van der Waals surface area (Å²) in [5, 5.41) is 0. The van der Waals surface area contributed by atoms with Gasteiger partial charge in [0.1, 0.15) is 11.3 Å². The molecule has 4 rings (SSSR count). The van der Waals surface area contributed by atoms with E-state index in [1.165, 1.54) is 7.05 Å². The number of hydrogen-bond acceptors (Lipinski definition) is 3. The van der Waals surface area contributed by atoms with E-state index < -0.39 is 0 Å². The summed E-state index contributed by atoms with van der Waals surface area (Å²) in [5.41, 5.74) is 3.24. The molecule has 0 unspecified atom stereocenters. The highest BCUT2D eigenvalue weighted by atomic mass is 16.5. The van der Waals surface area contributed by atoms with Crippen molar-refractivity contribution < 1.29 is 4.74 Å². The summed E-state index contributed by atoms with van der Waals surface area (Å²) < 4.78 is 9.92. The molecule has 2 aromatic carbocycles. The zero-order valence-electron chi connectivity index (χ0n) is 16.0. The molecule has 0 N–H and O–H groups in total.